The molecule has 0 saturated heterocycles. The van der Waals surface area contributed by atoms with Crippen molar-refractivity contribution in [1.29, 1.82) is 0 Å². The van der Waals surface area contributed by atoms with Crippen molar-refractivity contribution in [2.24, 2.45) is 0 Å². The van der Waals surface area contributed by atoms with E-state index in [9.17, 15) is 4.79 Å². The van der Waals surface area contributed by atoms with Crippen LogP contribution in [-0.4, -0.2) is 27.8 Å². The molecule has 0 radical (unpaired) electrons. The van der Waals surface area contributed by atoms with Gasteiger partial charge in [-0.1, -0.05) is 28.1 Å². The van der Waals surface area contributed by atoms with Crippen molar-refractivity contribution in [3.05, 3.63) is 40.9 Å². The summed E-state index contributed by atoms with van der Waals surface area (Å²) in [6, 6.07) is 11.6. The molecule has 104 valence electrons. The normalized spacial score (nSPS) is 10.2. The van der Waals surface area contributed by atoms with Gasteiger partial charge in [-0.2, -0.15) is 0 Å². The van der Waals surface area contributed by atoms with E-state index in [1.165, 1.54) is 0 Å². The fraction of sp³-hybridized carbons (Fsp3) is 0.214. The maximum absolute atomic E-state index is 10.4. The quantitative estimate of drug-likeness (QED) is 0.793. The maximum atomic E-state index is 10.4. The highest BCUT2D eigenvalue weighted by molar-refractivity contribution is 9.10. The molecule has 2 aromatic rings. The van der Waals surface area contributed by atoms with Gasteiger partial charge in [0.1, 0.15) is 5.82 Å². The molecule has 0 spiro atoms. The molecule has 0 bridgehead atoms. The standard InChI is InChI=1S/C14H14BrN3O2/c15-11-4-1-3-10(9-11)12-6-7-13(18-17-12)16-8-2-5-14(19)20/h1,3-4,6-7,9H,2,5,8H2,(H,16,18)(H,19,20). The van der Waals surface area contributed by atoms with Gasteiger partial charge in [0, 0.05) is 23.0 Å². The number of carbonyl (C=O) groups is 1. The third-order valence-corrected chi connectivity index (χ3v) is 3.15. The first-order valence-corrected chi connectivity index (χ1v) is 7.00. The third-order valence-electron chi connectivity index (χ3n) is 2.66. The van der Waals surface area contributed by atoms with E-state index in [-0.39, 0.29) is 6.42 Å². The number of nitrogens with one attached hydrogen (secondary N) is 1. The summed E-state index contributed by atoms with van der Waals surface area (Å²) in [5, 5.41) is 19.8. The van der Waals surface area contributed by atoms with Gasteiger partial charge in [-0.25, -0.2) is 0 Å². The molecule has 1 aromatic carbocycles. The Labute approximate surface area is 125 Å². The Balaban J connectivity index is 1.94. The van der Waals surface area contributed by atoms with Crippen LogP contribution in [0.15, 0.2) is 40.9 Å². The Hall–Kier alpha value is -1.95. The average molecular weight is 336 g/mol. The lowest BCUT2D eigenvalue weighted by Crippen LogP contribution is -2.06. The molecular formula is C14H14BrN3O2. The topological polar surface area (TPSA) is 75.1 Å². The first-order chi connectivity index (χ1) is 9.65. The molecule has 2 N–H and O–H groups in total. The van der Waals surface area contributed by atoms with Crippen LogP contribution < -0.4 is 5.32 Å². The minimum absolute atomic E-state index is 0.149. The Morgan fingerprint density at radius 3 is 2.75 bits per heavy atom. The molecular weight excluding hydrogens is 322 g/mol. The Bertz CT molecular complexity index is 587. The van der Waals surface area contributed by atoms with Crippen molar-refractivity contribution >= 4 is 27.7 Å². The van der Waals surface area contributed by atoms with Gasteiger partial charge >= 0.3 is 5.97 Å². The summed E-state index contributed by atoms with van der Waals surface area (Å²) in [6.45, 7) is 0.567. The van der Waals surface area contributed by atoms with Crippen LogP contribution in [0.4, 0.5) is 5.82 Å². The first kappa shape index (κ1) is 14.5. The van der Waals surface area contributed by atoms with Crippen molar-refractivity contribution in [2.75, 3.05) is 11.9 Å². The SMILES string of the molecule is O=C(O)CCCNc1ccc(-c2cccc(Br)c2)nn1. The minimum Gasteiger partial charge on any atom is -0.481 e. The van der Waals surface area contributed by atoms with Crippen LogP contribution in [0.25, 0.3) is 11.3 Å². The van der Waals surface area contributed by atoms with Crippen molar-refractivity contribution in [2.45, 2.75) is 12.8 Å². The van der Waals surface area contributed by atoms with Gasteiger partial charge in [0.15, 0.2) is 0 Å². The largest absolute Gasteiger partial charge is 0.481 e. The molecule has 0 amide bonds. The molecule has 0 saturated carbocycles. The minimum atomic E-state index is -0.789. The highest BCUT2D eigenvalue weighted by atomic mass is 79.9. The summed E-state index contributed by atoms with van der Waals surface area (Å²) in [5.41, 5.74) is 1.78. The van der Waals surface area contributed by atoms with E-state index in [1.807, 2.05) is 36.4 Å². The van der Waals surface area contributed by atoms with Crippen LogP contribution in [-0.2, 0) is 4.79 Å². The third kappa shape index (κ3) is 4.31. The monoisotopic (exact) mass is 335 g/mol. The molecule has 0 aliphatic carbocycles. The summed E-state index contributed by atoms with van der Waals surface area (Å²) in [6.07, 6.45) is 0.709. The van der Waals surface area contributed by atoms with Crippen molar-refractivity contribution in [1.82, 2.24) is 10.2 Å². The second-order valence-corrected chi connectivity index (χ2v) is 5.15. The number of carboxylic acids is 1. The van der Waals surface area contributed by atoms with E-state index in [1.54, 1.807) is 0 Å². The van der Waals surface area contributed by atoms with Gasteiger partial charge in [0.25, 0.3) is 0 Å². The summed E-state index contributed by atoms with van der Waals surface area (Å²) in [4.78, 5) is 10.4. The van der Waals surface area contributed by atoms with Gasteiger partial charge in [0.05, 0.1) is 5.69 Å². The number of nitrogens with zero attached hydrogens (tertiary/aromatic N) is 2. The highest BCUT2D eigenvalue weighted by Gasteiger charge is 2.02. The van der Waals surface area contributed by atoms with Crippen molar-refractivity contribution in [3.8, 4) is 11.3 Å². The number of anilines is 1. The lowest BCUT2D eigenvalue weighted by molar-refractivity contribution is -0.137. The number of aromatic nitrogens is 2. The summed E-state index contributed by atoms with van der Waals surface area (Å²) in [7, 11) is 0. The molecule has 1 heterocycles. The molecule has 0 aliphatic rings. The molecule has 2 rings (SSSR count). The van der Waals surface area contributed by atoms with Crippen LogP contribution in [0.5, 0.6) is 0 Å². The predicted octanol–water partition coefficient (Wildman–Crippen LogP) is 3.18. The second kappa shape index (κ2) is 7.00. The number of aliphatic carboxylic acids is 1. The molecule has 5 nitrogen and oxygen atoms in total. The van der Waals surface area contributed by atoms with Crippen LogP contribution in [0.3, 0.4) is 0 Å². The van der Waals surface area contributed by atoms with Gasteiger partial charge in [-0.15, -0.1) is 10.2 Å². The molecule has 6 heteroatoms. The molecule has 0 aliphatic heterocycles. The Morgan fingerprint density at radius 1 is 1.25 bits per heavy atom. The predicted molar refractivity (Wildman–Crippen MR) is 80.5 cm³/mol. The van der Waals surface area contributed by atoms with E-state index in [0.29, 0.717) is 18.8 Å². The smallest absolute Gasteiger partial charge is 0.303 e. The maximum Gasteiger partial charge on any atom is 0.303 e. The summed E-state index contributed by atoms with van der Waals surface area (Å²) < 4.78 is 0.993. The Kier molecular flexibility index (Phi) is 5.06. The van der Waals surface area contributed by atoms with Crippen LogP contribution >= 0.6 is 15.9 Å². The molecule has 0 atom stereocenters. The van der Waals surface area contributed by atoms with Crippen molar-refractivity contribution in [3.63, 3.8) is 0 Å². The lowest BCUT2D eigenvalue weighted by Gasteiger charge is -2.05. The first-order valence-electron chi connectivity index (χ1n) is 6.20. The molecule has 0 fully saturated rings. The van der Waals surface area contributed by atoms with E-state index < -0.39 is 5.97 Å². The van der Waals surface area contributed by atoms with E-state index in [2.05, 4.69) is 31.4 Å². The number of carboxylic acid groups (broad SMARTS) is 1. The van der Waals surface area contributed by atoms with Crippen LogP contribution in [0.2, 0.25) is 0 Å². The zero-order valence-electron chi connectivity index (χ0n) is 10.7. The number of hydrogen-bond acceptors (Lipinski definition) is 4. The van der Waals surface area contributed by atoms with E-state index in [4.69, 9.17) is 5.11 Å². The molecule has 20 heavy (non-hydrogen) atoms. The summed E-state index contributed by atoms with van der Waals surface area (Å²) in [5.74, 6) is -0.142. The van der Waals surface area contributed by atoms with Crippen LogP contribution in [0, 0.1) is 0 Å². The molecule has 1 aromatic heterocycles. The second-order valence-electron chi connectivity index (χ2n) is 4.24. The average Bonchev–Trinajstić information content (AvgIpc) is 2.44. The zero-order valence-corrected chi connectivity index (χ0v) is 12.3. The number of hydrogen-bond donors (Lipinski definition) is 2. The molecule has 0 unspecified atom stereocenters. The van der Waals surface area contributed by atoms with Gasteiger partial charge in [0.2, 0.25) is 0 Å². The lowest BCUT2D eigenvalue weighted by atomic mass is 10.1. The Morgan fingerprint density at radius 2 is 2.10 bits per heavy atom. The fourth-order valence-electron chi connectivity index (χ4n) is 1.68. The van der Waals surface area contributed by atoms with Gasteiger partial charge < -0.3 is 10.4 Å². The highest BCUT2D eigenvalue weighted by Crippen LogP contribution is 2.21. The fourth-order valence-corrected chi connectivity index (χ4v) is 2.08. The van der Waals surface area contributed by atoms with Crippen LogP contribution in [0.1, 0.15) is 12.8 Å². The number of halogens is 1. The number of rotatable bonds is 6. The van der Waals surface area contributed by atoms with Gasteiger partial charge in [-0.05, 0) is 30.7 Å². The van der Waals surface area contributed by atoms with E-state index >= 15 is 0 Å². The number of benzene rings is 1. The zero-order chi connectivity index (χ0) is 14.4. The summed E-state index contributed by atoms with van der Waals surface area (Å²) >= 11 is 3.42. The van der Waals surface area contributed by atoms with E-state index in [0.717, 1.165) is 15.7 Å². The van der Waals surface area contributed by atoms with Gasteiger partial charge in [-0.3, -0.25) is 4.79 Å². The van der Waals surface area contributed by atoms with Crippen molar-refractivity contribution < 1.29 is 9.90 Å².